The Morgan fingerprint density at radius 1 is 1.25 bits per heavy atom. The van der Waals surface area contributed by atoms with Gasteiger partial charge in [-0.05, 0) is 49.0 Å². The van der Waals surface area contributed by atoms with Gasteiger partial charge in [-0.2, -0.15) is 0 Å². The average Bonchev–Trinajstić information content (AvgIpc) is 2.42. The summed E-state index contributed by atoms with van der Waals surface area (Å²) in [5.41, 5.74) is 7.88. The molecule has 4 heteroatoms. The highest BCUT2D eigenvalue weighted by atomic mass is 16.2. The summed E-state index contributed by atoms with van der Waals surface area (Å²) >= 11 is 0. The Hall–Kier alpha value is -1.39. The van der Waals surface area contributed by atoms with E-state index in [0.29, 0.717) is 18.5 Å². The Kier molecular flexibility index (Phi) is 4.78. The molecule has 0 spiro atoms. The largest absolute Gasteiger partial charge is 0.326 e. The number of anilines is 1. The number of likely N-dealkylation sites (tertiary alicyclic amines) is 1. The lowest BCUT2D eigenvalue weighted by Crippen LogP contribution is -2.41. The van der Waals surface area contributed by atoms with Crippen molar-refractivity contribution < 1.29 is 4.79 Å². The van der Waals surface area contributed by atoms with Gasteiger partial charge in [0, 0.05) is 12.2 Å². The van der Waals surface area contributed by atoms with Crippen LogP contribution in [0, 0.1) is 5.41 Å². The van der Waals surface area contributed by atoms with Gasteiger partial charge in [-0.1, -0.05) is 26.0 Å². The highest BCUT2D eigenvalue weighted by Crippen LogP contribution is 2.29. The Morgan fingerprint density at radius 2 is 1.85 bits per heavy atom. The number of nitrogens with one attached hydrogen (secondary N) is 1. The normalized spacial score (nSPS) is 18.8. The van der Waals surface area contributed by atoms with Gasteiger partial charge in [-0.15, -0.1) is 0 Å². The first-order valence-corrected chi connectivity index (χ1v) is 7.30. The van der Waals surface area contributed by atoms with Crippen molar-refractivity contribution in [3.8, 4) is 0 Å². The number of nitrogens with two attached hydrogens (primary N) is 1. The van der Waals surface area contributed by atoms with E-state index in [4.69, 9.17) is 5.73 Å². The topological polar surface area (TPSA) is 58.4 Å². The van der Waals surface area contributed by atoms with Crippen LogP contribution in [0.2, 0.25) is 0 Å². The molecule has 1 fully saturated rings. The molecule has 1 amide bonds. The van der Waals surface area contributed by atoms with Gasteiger partial charge in [0.05, 0.1) is 6.54 Å². The second-order valence-electron chi connectivity index (χ2n) is 6.39. The van der Waals surface area contributed by atoms with Gasteiger partial charge in [0.2, 0.25) is 5.91 Å². The zero-order chi connectivity index (χ0) is 14.6. The van der Waals surface area contributed by atoms with Crippen molar-refractivity contribution in [1.29, 1.82) is 0 Å². The SMILES string of the molecule is CC1(C)CCN(CC(=O)Nc2ccc(CN)cc2)CC1. The summed E-state index contributed by atoms with van der Waals surface area (Å²) in [7, 11) is 0. The number of benzene rings is 1. The Balaban J connectivity index is 1.80. The maximum Gasteiger partial charge on any atom is 0.238 e. The van der Waals surface area contributed by atoms with Gasteiger partial charge in [0.1, 0.15) is 0 Å². The van der Waals surface area contributed by atoms with Gasteiger partial charge < -0.3 is 11.1 Å². The summed E-state index contributed by atoms with van der Waals surface area (Å²) in [5, 5.41) is 2.94. The van der Waals surface area contributed by atoms with Crippen LogP contribution >= 0.6 is 0 Å². The predicted octanol–water partition coefficient (Wildman–Crippen LogP) is 2.21. The van der Waals surface area contributed by atoms with Gasteiger partial charge in [-0.3, -0.25) is 9.69 Å². The number of nitrogens with zero attached hydrogens (tertiary/aromatic N) is 1. The highest BCUT2D eigenvalue weighted by Gasteiger charge is 2.26. The maximum absolute atomic E-state index is 12.0. The van der Waals surface area contributed by atoms with Crippen molar-refractivity contribution in [2.45, 2.75) is 33.2 Å². The molecule has 1 heterocycles. The molecule has 1 saturated heterocycles. The van der Waals surface area contributed by atoms with E-state index in [0.717, 1.165) is 37.2 Å². The molecular formula is C16H25N3O. The molecule has 3 N–H and O–H groups in total. The Labute approximate surface area is 121 Å². The molecule has 1 aromatic carbocycles. The molecular weight excluding hydrogens is 250 g/mol. The monoisotopic (exact) mass is 275 g/mol. The summed E-state index contributed by atoms with van der Waals surface area (Å²) in [4.78, 5) is 14.3. The molecule has 2 rings (SSSR count). The zero-order valence-electron chi connectivity index (χ0n) is 12.5. The van der Waals surface area contributed by atoms with Crippen LogP contribution in [0.5, 0.6) is 0 Å². The summed E-state index contributed by atoms with van der Waals surface area (Å²) < 4.78 is 0. The predicted molar refractivity (Wildman–Crippen MR) is 82.4 cm³/mol. The van der Waals surface area contributed by atoms with Gasteiger partial charge in [0.25, 0.3) is 0 Å². The first-order chi connectivity index (χ1) is 9.48. The van der Waals surface area contributed by atoms with Crippen LogP contribution in [0.3, 0.4) is 0 Å². The second kappa shape index (κ2) is 6.37. The number of amides is 1. The minimum atomic E-state index is 0.0604. The Bertz CT molecular complexity index is 443. The minimum Gasteiger partial charge on any atom is -0.326 e. The highest BCUT2D eigenvalue weighted by molar-refractivity contribution is 5.92. The molecule has 0 saturated carbocycles. The van der Waals surface area contributed by atoms with Crippen LogP contribution in [0.25, 0.3) is 0 Å². The number of hydrogen-bond acceptors (Lipinski definition) is 3. The number of hydrogen-bond donors (Lipinski definition) is 2. The van der Waals surface area contributed by atoms with Gasteiger partial charge >= 0.3 is 0 Å². The third-order valence-electron chi connectivity index (χ3n) is 4.05. The summed E-state index contributed by atoms with van der Waals surface area (Å²) in [6, 6.07) is 7.69. The molecule has 4 nitrogen and oxygen atoms in total. The summed E-state index contributed by atoms with van der Waals surface area (Å²) in [5.74, 6) is 0.0604. The van der Waals surface area contributed by atoms with E-state index in [1.807, 2.05) is 24.3 Å². The lowest BCUT2D eigenvalue weighted by Gasteiger charge is -2.36. The van der Waals surface area contributed by atoms with E-state index < -0.39 is 0 Å². The molecule has 0 aromatic heterocycles. The Morgan fingerprint density at radius 3 is 2.40 bits per heavy atom. The van der Waals surface area contributed by atoms with Crippen LogP contribution in [0.1, 0.15) is 32.3 Å². The molecule has 0 atom stereocenters. The molecule has 1 aromatic rings. The molecule has 1 aliphatic heterocycles. The van der Waals surface area contributed by atoms with E-state index in [9.17, 15) is 4.79 Å². The van der Waals surface area contributed by atoms with Crippen LogP contribution in [0.4, 0.5) is 5.69 Å². The van der Waals surface area contributed by atoms with E-state index >= 15 is 0 Å². The van der Waals surface area contributed by atoms with E-state index in [1.54, 1.807) is 0 Å². The summed E-state index contributed by atoms with van der Waals surface area (Å²) in [6.07, 6.45) is 2.32. The lowest BCUT2D eigenvalue weighted by molar-refractivity contribution is -0.117. The molecule has 0 unspecified atom stereocenters. The third kappa shape index (κ3) is 4.32. The van der Waals surface area contributed by atoms with Crippen molar-refractivity contribution in [1.82, 2.24) is 4.90 Å². The quantitative estimate of drug-likeness (QED) is 0.885. The molecule has 1 aliphatic rings. The first-order valence-electron chi connectivity index (χ1n) is 7.30. The van der Waals surface area contributed by atoms with E-state index in [2.05, 4.69) is 24.1 Å². The molecule has 0 radical (unpaired) electrons. The average molecular weight is 275 g/mol. The van der Waals surface area contributed by atoms with E-state index in [1.165, 1.54) is 0 Å². The molecule has 20 heavy (non-hydrogen) atoms. The molecule has 0 aliphatic carbocycles. The van der Waals surface area contributed by atoms with Crippen LogP contribution in [-0.2, 0) is 11.3 Å². The number of piperidine rings is 1. The van der Waals surface area contributed by atoms with Crippen molar-refractivity contribution >= 4 is 11.6 Å². The van der Waals surface area contributed by atoms with Crippen molar-refractivity contribution in [3.63, 3.8) is 0 Å². The third-order valence-corrected chi connectivity index (χ3v) is 4.05. The van der Waals surface area contributed by atoms with Crippen molar-refractivity contribution in [2.24, 2.45) is 11.1 Å². The van der Waals surface area contributed by atoms with Crippen LogP contribution in [-0.4, -0.2) is 30.4 Å². The fourth-order valence-corrected chi connectivity index (χ4v) is 2.44. The first kappa shape index (κ1) is 15.0. The van der Waals surface area contributed by atoms with Gasteiger partial charge in [-0.25, -0.2) is 0 Å². The standard InChI is InChI=1S/C16H25N3O/c1-16(2)7-9-19(10-8-16)12-15(20)18-14-5-3-13(11-17)4-6-14/h3-6H,7-12,17H2,1-2H3,(H,18,20). The second-order valence-corrected chi connectivity index (χ2v) is 6.39. The van der Waals surface area contributed by atoms with Crippen LogP contribution < -0.4 is 11.1 Å². The number of carbonyl (C=O) groups is 1. The van der Waals surface area contributed by atoms with Crippen molar-refractivity contribution in [2.75, 3.05) is 25.0 Å². The molecule has 110 valence electrons. The molecule has 0 bridgehead atoms. The zero-order valence-corrected chi connectivity index (χ0v) is 12.5. The number of carbonyl (C=O) groups excluding carboxylic acids is 1. The maximum atomic E-state index is 12.0. The summed E-state index contributed by atoms with van der Waals surface area (Å²) in [6.45, 7) is 7.61. The fourth-order valence-electron chi connectivity index (χ4n) is 2.44. The van der Waals surface area contributed by atoms with Gasteiger partial charge in [0.15, 0.2) is 0 Å². The minimum absolute atomic E-state index is 0.0604. The van der Waals surface area contributed by atoms with Crippen LogP contribution in [0.15, 0.2) is 24.3 Å². The number of rotatable bonds is 4. The lowest BCUT2D eigenvalue weighted by atomic mass is 9.83. The smallest absolute Gasteiger partial charge is 0.238 e. The van der Waals surface area contributed by atoms with E-state index in [-0.39, 0.29) is 5.91 Å². The fraction of sp³-hybridized carbons (Fsp3) is 0.562. The van der Waals surface area contributed by atoms with Crippen molar-refractivity contribution in [3.05, 3.63) is 29.8 Å².